The first-order valence-corrected chi connectivity index (χ1v) is 5.58. The van der Waals surface area contributed by atoms with Crippen molar-refractivity contribution in [1.29, 1.82) is 0 Å². The largest absolute Gasteiger partial charge is 0.364 e. The van der Waals surface area contributed by atoms with Crippen molar-refractivity contribution < 1.29 is 13.7 Å². The smallest absolute Gasteiger partial charge is 0.251 e. The molecule has 0 spiro atoms. The molecule has 0 saturated carbocycles. The van der Waals surface area contributed by atoms with Gasteiger partial charge in [-0.2, -0.15) is 0 Å². The number of rotatable bonds is 3. The van der Waals surface area contributed by atoms with Gasteiger partial charge in [0.15, 0.2) is 0 Å². The fraction of sp³-hybridized carbons (Fsp3) is 0.0909. The molecule has 0 radical (unpaired) electrons. The second-order valence-electron chi connectivity index (χ2n) is 3.30. The third-order valence-corrected chi connectivity index (χ3v) is 2.71. The molecule has 0 fully saturated rings. The Morgan fingerprint density at radius 1 is 1.47 bits per heavy atom. The van der Waals surface area contributed by atoms with Crippen molar-refractivity contribution in [1.82, 2.24) is 10.5 Å². The number of amides is 1. The second kappa shape index (κ2) is 5.09. The van der Waals surface area contributed by atoms with E-state index >= 15 is 0 Å². The van der Waals surface area contributed by atoms with Crippen LogP contribution in [-0.4, -0.2) is 11.1 Å². The van der Waals surface area contributed by atoms with Gasteiger partial charge in [-0.25, -0.2) is 4.39 Å². The van der Waals surface area contributed by atoms with Gasteiger partial charge in [-0.3, -0.25) is 4.79 Å². The Bertz CT molecular complexity index is 528. The number of nitrogens with zero attached hydrogens (tertiary/aromatic N) is 1. The fourth-order valence-electron chi connectivity index (χ4n) is 1.24. The molecule has 0 atom stereocenters. The minimum atomic E-state index is -0.405. The highest BCUT2D eigenvalue weighted by molar-refractivity contribution is 9.10. The molecule has 88 valence electrons. The van der Waals surface area contributed by atoms with E-state index in [1.165, 1.54) is 24.5 Å². The van der Waals surface area contributed by atoms with Gasteiger partial charge in [-0.15, -0.1) is 0 Å². The summed E-state index contributed by atoms with van der Waals surface area (Å²) in [6.07, 6.45) is 1.43. The predicted octanol–water partition coefficient (Wildman–Crippen LogP) is 2.51. The molecule has 1 amide bonds. The van der Waals surface area contributed by atoms with Crippen LogP contribution in [0.15, 0.2) is 39.5 Å². The van der Waals surface area contributed by atoms with Crippen molar-refractivity contribution in [3.8, 4) is 0 Å². The van der Waals surface area contributed by atoms with Gasteiger partial charge in [0, 0.05) is 11.6 Å². The van der Waals surface area contributed by atoms with Crippen LogP contribution in [0.3, 0.4) is 0 Å². The van der Waals surface area contributed by atoms with Crippen LogP contribution in [0.25, 0.3) is 0 Å². The van der Waals surface area contributed by atoms with E-state index in [0.717, 1.165) is 0 Å². The van der Waals surface area contributed by atoms with Crippen LogP contribution in [-0.2, 0) is 6.54 Å². The molecule has 0 saturated heterocycles. The maximum atomic E-state index is 13.0. The lowest BCUT2D eigenvalue weighted by molar-refractivity contribution is 0.0950. The Morgan fingerprint density at radius 3 is 2.94 bits per heavy atom. The summed E-state index contributed by atoms with van der Waals surface area (Å²) in [5, 5.41) is 6.30. The van der Waals surface area contributed by atoms with Crippen LogP contribution in [0.1, 0.15) is 16.1 Å². The van der Waals surface area contributed by atoms with Crippen LogP contribution < -0.4 is 5.32 Å². The molecular weight excluding hydrogens is 291 g/mol. The summed E-state index contributed by atoms with van der Waals surface area (Å²) < 4.78 is 17.9. The summed E-state index contributed by atoms with van der Waals surface area (Å²) in [7, 11) is 0. The molecule has 2 aromatic rings. The summed E-state index contributed by atoms with van der Waals surface area (Å²) in [6.45, 7) is 0.268. The van der Waals surface area contributed by atoms with E-state index in [0.29, 0.717) is 11.3 Å². The highest BCUT2D eigenvalue weighted by Crippen LogP contribution is 2.16. The molecule has 17 heavy (non-hydrogen) atoms. The lowest BCUT2D eigenvalue weighted by atomic mass is 10.2. The zero-order valence-electron chi connectivity index (χ0n) is 8.61. The first-order chi connectivity index (χ1) is 8.16. The van der Waals surface area contributed by atoms with Gasteiger partial charge in [0.2, 0.25) is 0 Å². The van der Waals surface area contributed by atoms with Crippen LogP contribution in [0.5, 0.6) is 0 Å². The van der Waals surface area contributed by atoms with Crippen molar-refractivity contribution >= 4 is 21.8 Å². The predicted molar refractivity (Wildman–Crippen MR) is 61.8 cm³/mol. The van der Waals surface area contributed by atoms with E-state index in [2.05, 4.69) is 30.9 Å². The van der Waals surface area contributed by atoms with E-state index in [-0.39, 0.29) is 16.9 Å². The molecule has 6 heteroatoms. The molecule has 1 N–H and O–H groups in total. The van der Waals surface area contributed by atoms with Gasteiger partial charge in [-0.05, 0) is 34.1 Å². The first-order valence-electron chi connectivity index (χ1n) is 4.79. The SMILES string of the molecule is O=C(NCc1ccon1)c1ccc(F)c(Br)c1. The summed E-state index contributed by atoms with van der Waals surface area (Å²) in [5.74, 6) is -0.702. The monoisotopic (exact) mass is 298 g/mol. The van der Waals surface area contributed by atoms with Crippen molar-refractivity contribution in [3.05, 3.63) is 52.1 Å². The van der Waals surface area contributed by atoms with Crippen LogP contribution in [0, 0.1) is 5.82 Å². The van der Waals surface area contributed by atoms with Gasteiger partial charge in [-0.1, -0.05) is 5.16 Å². The van der Waals surface area contributed by atoms with E-state index in [4.69, 9.17) is 0 Å². The number of hydrogen-bond donors (Lipinski definition) is 1. The molecular formula is C11H8BrFN2O2. The zero-order valence-corrected chi connectivity index (χ0v) is 10.2. The van der Waals surface area contributed by atoms with E-state index in [1.54, 1.807) is 6.07 Å². The van der Waals surface area contributed by atoms with Crippen LogP contribution >= 0.6 is 15.9 Å². The third-order valence-electron chi connectivity index (χ3n) is 2.10. The van der Waals surface area contributed by atoms with E-state index < -0.39 is 5.82 Å². The Balaban J connectivity index is 2.02. The average molecular weight is 299 g/mol. The maximum absolute atomic E-state index is 13.0. The molecule has 1 aromatic carbocycles. The second-order valence-corrected chi connectivity index (χ2v) is 4.16. The zero-order chi connectivity index (χ0) is 12.3. The molecule has 0 unspecified atom stereocenters. The number of benzene rings is 1. The van der Waals surface area contributed by atoms with E-state index in [9.17, 15) is 9.18 Å². The minimum absolute atomic E-state index is 0.256. The number of nitrogens with one attached hydrogen (secondary N) is 1. The third kappa shape index (κ3) is 2.91. The van der Waals surface area contributed by atoms with Crippen LogP contribution in [0.4, 0.5) is 4.39 Å². The molecule has 4 nitrogen and oxygen atoms in total. The summed E-state index contributed by atoms with van der Waals surface area (Å²) in [4.78, 5) is 11.7. The number of aromatic nitrogens is 1. The summed E-state index contributed by atoms with van der Waals surface area (Å²) in [5.41, 5.74) is 1.00. The average Bonchev–Trinajstić information content (AvgIpc) is 2.82. The molecule has 0 aliphatic heterocycles. The Kier molecular flexibility index (Phi) is 3.53. The molecule has 1 heterocycles. The molecule has 2 rings (SSSR count). The molecule has 0 aliphatic rings. The topological polar surface area (TPSA) is 55.1 Å². The highest BCUT2D eigenvalue weighted by Gasteiger charge is 2.08. The van der Waals surface area contributed by atoms with E-state index in [1.807, 2.05) is 0 Å². The minimum Gasteiger partial charge on any atom is -0.364 e. The lowest BCUT2D eigenvalue weighted by Crippen LogP contribution is -2.22. The van der Waals surface area contributed by atoms with Gasteiger partial charge in [0.25, 0.3) is 5.91 Å². The number of halogens is 2. The number of carbonyl (C=O) groups excluding carboxylic acids is 1. The van der Waals surface area contributed by atoms with Crippen molar-refractivity contribution in [3.63, 3.8) is 0 Å². The lowest BCUT2D eigenvalue weighted by Gasteiger charge is -2.03. The molecule has 1 aromatic heterocycles. The maximum Gasteiger partial charge on any atom is 0.251 e. The Morgan fingerprint density at radius 2 is 2.29 bits per heavy atom. The molecule has 0 bridgehead atoms. The number of hydrogen-bond acceptors (Lipinski definition) is 3. The number of carbonyl (C=O) groups is 1. The summed E-state index contributed by atoms with van der Waals surface area (Å²) >= 11 is 3.02. The van der Waals surface area contributed by atoms with Gasteiger partial charge < -0.3 is 9.84 Å². The standard InChI is InChI=1S/C11H8BrFN2O2/c12-9-5-7(1-2-10(9)13)11(16)14-6-8-3-4-17-15-8/h1-5H,6H2,(H,14,16). The molecule has 0 aliphatic carbocycles. The van der Waals surface area contributed by atoms with Gasteiger partial charge >= 0.3 is 0 Å². The van der Waals surface area contributed by atoms with Crippen molar-refractivity contribution in [2.45, 2.75) is 6.54 Å². The summed E-state index contributed by atoms with van der Waals surface area (Å²) in [6, 6.07) is 5.72. The Hall–Kier alpha value is -1.69. The van der Waals surface area contributed by atoms with Gasteiger partial charge in [0.1, 0.15) is 17.8 Å². The fourth-order valence-corrected chi connectivity index (χ4v) is 1.62. The van der Waals surface area contributed by atoms with Crippen molar-refractivity contribution in [2.75, 3.05) is 0 Å². The highest BCUT2D eigenvalue weighted by atomic mass is 79.9. The van der Waals surface area contributed by atoms with Crippen LogP contribution in [0.2, 0.25) is 0 Å². The quantitative estimate of drug-likeness (QED) is 0.947. The first kappa shape index (κ1) is 11.8. The van der Waals surface area contributed by atoms with Crippen molar-refractivity contribution in [2.24, 2.45) is 0 Å². The normalized spacial score (nSPS) is 10.2. The van der Waals surface area contributed by atoms with Gasteiger partial charge in [0.05, 0.1) is 11.0 Å². The Labute approximate surface area is 105 Å².